The van der Waals surface area contributed by atoms with Gasteiger partial charge in [0.05, 0.1) is 30.7 Å². The molecule has 0 saturated heterocycles. The first-order valence-electron chi connectivity index (χ1n) is 16.7. The zero-order valence-electron chi connectivity index (χ0n) is 28.6. The van der Waals surface area contributed by atoms with E-state index in [1.807, 2.05) is 63.5 Å². The number of hydrogen-bond donors (Lipinski definition) is 0. The first-order valence-corrected chi connectivity index (χ1v) is 18.6. The number of pyridine rings is 1. The maximum Gasteiger partial charge on any atom is 0.253 e. The van der Waals surface area contributed by atoms with Crippen molar-refractivity contribution in [2.75, 3.05) is 46.2 Å². The minimum absolute atomic E-state index is 0.0152. The van der Waals surface area contributed by atoms with Crippen LogP contribution in [0.2, 0.25) is 0 Å². The monoisotopic (exact) mass is 698 g/mol. The molecule has 5 aromatic rings. The lowest BCUT2D eigenvalue weighted by molar-refractivity contribution is -0.130. The molecule has 6 rings (SSSR count). The highest BCUT2D eigenvalue weighted by molar-refractivity contribution is 7.90. The molecule has 12 nitrogen and oxygen atoms in total. The number of hydrogen-bond acceptors (Lipinski definition) is 8. The Morgan fingerprint density at radius 3 is 2.50 bits per heavy atom. The molecule has 0 saturated carbocycles. The van der Waals surface area contributed by atoms with Gasteiger partial charge in [-0.2, -0.15) is 0 Å². The van der Waals surface area contributed by atoms with E-state index >= 15 is 0 Å². The van der Waals surface area contributed by atoms with E-state index < -0.39 is 9.84 Å². The quantitative estimate of drug-likeness (QED) is 0.259. The van der Waals surface area contributed by atoms with Crippen molar-refractivity contribution in [3.63, 3.8) is 0 Å². The summed E-state index contributed by atoms with van der Waals surface area (Å²) in [5.41, 5.74) is 3.84. The van der Waals surface area contributed by atoms with Crippen LogP contribution in [-0.2, 0) is 27.6 Å². The summed E-state index contributed by atoms with van der Waals surface area (Å²) in [4.78, 5) is 40.6. The van der Waals surface area contributed by atoms with Gasteiger partial charge in [-0.3, -0.25) is 9.59 Å². The van der Waals surface area contributed by atoms with Gasteiger partial charge in [0.25, 0.3) is 5.91 Å². The second-order valence-corrected chi connectivity index (χ2v) is 14.5. The maximum atomic E-state index is 13.9. The number of fused-ring (bicyclic) bond motifs is 5. The Labute approximate surface area is 292 Å². The van der Waals surface area contributed by atoms with Crippen LogP contribution in [0, 0.1) is 6.92 Å². The molecule has 0 spiro atoms. The molecular weight excluding hydrogens is 657 g/mol. The summed E-state index contributed by atoms with van der Waals surface area (Å²) < 4.78 is 40.2. The van der Waals surface area contributed by atoms with Crippen molar-refractivity contribution < 1.29 is 27.5 Å². The molecule has 0 fully saturated rings. The molecule has 1 aliphatic heterocycles. The van der Waals surface area contributed by atoms with E-state index in [1.165, 1.54) is 12.1 Å². The lowest BCUT2D eigenvalue weighted by Crippen LogP contribution is -2.37. The molecule has 0 N–H and O–H groups in total. The van der Waals surface area contributed by atoms with Crippen LogP contribution in [0.25, 0.3) is 17.0 Å². The van der Waals surface area contributed by atoms with Crippen LogP contribution >= 0.6 is 0 Å². The van der Waals surface area contributed by atoms with Crippen molar-refractivity contribution >= 4 is 27.3 Å². The lowest BCUT2D eigenvalue weighted by atomic mass is 10.1. The zero-order chi connectivity index (χ0) is 35.3. The number of amides is 2. The zero-order valence-corrected chi connectivity index (χ0v) is 29.4. The number of nitrogens with zero attached hydrogens (tertiary/aromatic N) is 6. The van der Waals surface area contributed by atoms with E-state index in [9.17, 15) is 18.0 Å². The number of carbonyl (C=O) groups is 2. The number of methoxy groups -OCH3 is 1. The molecule has 3 aromatic heterocycles. The predicted molar refractivity (Wildman–Crippen MR) is 189 cm³/mol. The van der Waals surface area contributed by atoms with Crippen molar-refractivity contribution in [2.24, 2.45) is 0 Å². The molecule has 4 heterocycles. The van der Waals surface area contributed by atoms with Crippen LogP contribution in [-0.4, -0.2) is 95.1 Å². The summed E-state index contributed by atoms with van der Waals surface area (Å²) in [5.74, 6) is 1.62. The molecule has 1 aliphatic rings. The van der Waals surface area contributed by atoms with Crippen molar-refractivity contribution in [1.82, 2.24) is 28.7 Å². The van der Waals surface area contributed by atoms with E-state index in [1.54, 1.807) is 36.5 Å². The highest BCUT2D eigenvalue weighted by Crippen LogP contribution is 2.32. The summed E-state index contributed by atoms with van der Waals surface area (Å²) in [6, 6.07) is 15.8. The third-order valence-electron chi connectivity index (χ3n) is 8.97. The Bertz CT molecular complexity index is 2110. The normalized spacial score (nSPS) is 14.9. The number of ether oxygens (including phenoxy) is 2. The number of aryl methyl sites for hydroxylation is 1. The standard InChI is InChI=1S/C37H42N6O6S/c1-27-9-7-18-43-30(26-39-35(27)43)25-34(44)40-15-4-5-16-42(37(45)29-10-6-11-31(23-29)50(3,46)47)17-8-22-49-33-24-28(12-13-32(33)48-2)36-38-14-19-41(36)21-20-40/h6-7,9-14,18-19,23-24,26H,4-5,8,15-17,20-22,25H2,1-3H3. The molecule has 2 aromatic carbocycles. The van der Waals surface area contributed by atoms with Gasteiger partial charge in [0, 0.05) is 74.9 Å². The van der Waals surface area contributed by atoms with E-state index in [0.29, 0.717) is 75.7 Å². The Morgan fingerprint density at radius 2 is 1.70 bits per heavy atom. The third-order valence-corrected chi connectivity index (χ3v) is 10.1. The minimum Gasteiger partial charge on any atom is -0.493 e. The number of benzene rings is 2. The van der Waals surface area contributed by atoms with E-state index in [2.05, 4.69) is 9.97 Å². The average Bonchev–Trinajstić information content (AvgIpc) is 3.75. The second kappa shape index (κ2) is 15.2. The first-order chi connectivity index (χ1) is 24.1. The molecule has 0 atom stereocenters. The number of carbonyl (C=O) groups excluding carboxylic acids is 2. The summed E-state index contributed by atoms with van der Waals surface area (Å²) in [5, 5.41) is 0. The molecule has 2 amide bonds. The van der Waals surface area contributed by atoms with E-state index in [-0.39, 0.29) is 23.1 Å². The first kappa shape index (κ1) is 34.7. The van der Waals surface area contributed by atoms with Crippen LogP contribution in [0.5, 0.6) is 11.5 Å². The van der Waals surface area contributed by atoms with Gasteiger partial charge in [-0.05, 0) is 74.2 Å². The average molecular weight is 699 g/mol. The fraction of sp³-hybridized carbons (Fsp3) is 0.351. The van der Waals surface area contributed by atoms with Gasteiger partial charge >= 0.3 is 0 Å². The SMILES string of the molecule is COc1ccc2cc1OCCCN(C(=O)c1cccc(S(C)(=O)=O)c1)CCCCN(C(=O)Cc1cnc3c(C)cccn13)CCn1ccnc1-2. The fourth-order valence-electron chi connectivity index (χ4n) is 6.27. The molecule has 13 heteroatoms. The third kappa shape index (κ3) is 7.83. The van der Waals surface area contributed by atoms with E-state index in [4.69, 9.17) is 9.47 Å². The smallest absolute Gasteiger partial charge is 0.253 e. The molecule has 0 unspecified atom stereocenters. The maximum absolute atomic E-state index is 13.9. The van der Waals surface area contributed by atoms with Gasteiger partial charge in [-0.25, -0.2) is 18.4 Å². The minimum atomic E-state index is -3.49. The highest BCUT2D eigenvalue weighted by Gasteiger charge is 2.21. The topological polar surface area (TPSA) is 128 Å². The fourth-order valence-corrected chi connectivity index (χ4v) is 6.93. The molecule has 0 radical (unpaired) electrons. The van der Waals surface area contributed by atoms with Crippen LogP contribution in [0.15, 0.2) is 84.3 Å². The molecule has 0 aliphatic carbocycles. The second-order valence-electron chi connectivity index (χ2n) is 12.5. The van der Waals surface area contributed by atoms with Crippen LogP contribution in [0.3, 0.4) is 0 Å². The van der Waals surface area contributed by atoms with Crippen molar-refractivity contribution in [3.05, 3.63) is 96.2 Å². The van der Waals surface area contributed by atoms with Crippen molar-refractivity contribution in [3.8, 4) is 22.9 Å². The van der Waals surface area contributed by atoms with Crippen molar-refractivity contribution in [2.45, 2.75) is 44.0 Å². The Balaban J connectivity index is 1.27. The molecule has 2 bridgehead atoms. The predicted octanol–water partition coefficient (Wildman–Crippen LogP) is 4.69. The van der Waals surface area contributed by atoms with Gasteiger partial charge in [0.2, 0.25) is 5.91 Å². The summed E-state index contributed by atoms with van der Waals surface area (Å²) in [7, 11) is -1.90. The number of rotatable bonds is 5. The molecule has 262 valence electrons. The summed E-state index contributed by atoms with van der Waals surface area (Å²) >= 11 is 0. The van der Waals surface area contributed by atoms with Gasteiger partial charge in [0.15, 0.2) is 21.3 Å². The van der Waals surface area contributed by atoms with Gasteiger partial charge < -0.3 is 28.2 Å². The number of aromatic nitrogens is 4. The van der Waals surface area contributed by atoms with Gasteiger partial charge in [-0.15, -0.1) is 0 Å². The largest absolute Gasteiger partial charge is 0.493 e. The Kier molecular flexibility index (Phi) is 10.5. The van der Waals surface area contributed by atoms with E-state index in [0.717, 1.165) is 34.5 Å². The van der Waals surface area contributed by atoms with Crippen LogP contribution < -0.4 is 9.47 Å². The summed E-state index contributed by atoms with van der Waals surface area (Å²) in [6.45, 7) is 4.63. The van der Waals surface area contributed by atoms with Gasteiger partial charge in [0.1, 0.15) is 11.5 Å². The summed E-state index contributed by atoms with van der Waals surface area (Å²) in [6.07, 6.45) is 10.5. The number of imidazole rings is 2. The van der Waals surface area contributed by atoms with Crippen molar-refractivity contribution in [1.29, 1.82) is 0 Å². The van der Waals surface area contributed by atoms with Gasteiger partial charge in [-0.1, -0.05) is 12.1 Å². The molecular formula is C37H42N6O6S. The molecule has 50 heavy (non-hydrogen) atoms. The van der Waals surface area contributed by atoms with Crippen LogP contribution in [0.4, 0.5) is 0 Å². The Morgan fingerprint density at radius 1 is 0.900 bits per heavy atom. The number of sulfone groups is 1. The highest BCUT2D eigenvalue weighted by atomic mass is 32.2. The lowest BCUT2D eigenvalue weighted by Gasteiger charge is -2.26. The Hall–Kier alpha value is -5.17. The van der Waals surface area contributed by atoms with Crippen LogP contribution in [0.1, 0.15) is 40.9 Å².